The molecule has 1 heterocycles. The van der Waals surface area contributed by atoms with Gasteiger partial charge in [-0.3, -0.25) is 0 Å². The van der Waals surface area contributed by atoms with Crippen LogP contribution >= 0.6 is 11.3 Å². The van der Waals surface area contributed by atoms with Crippen LogP contribution in [0.25, 0.3) is 10.6 Å². The molecular weight excluding hydrogens is 253 g/mol. The fourth-order valence-corrected chi connectivity index (χ4v) is 2.66. The SMILES string of the molecule is CC(C)c1nc(-c2ccc(F)cc2)sc1C(=O)O. The summed E-state index contributed by atoms with van der Waals surface area (Å²) < 4.78 is 12.8. The number of hydrogen-bond donors (Lipinski definition) is 1. The van der Waals surface area contributed by atoms with Crippen LogP contribution in [-0.2, 0) is 0 Å². The van der Waals surface area contributed by atoms with Crippen LogP contribution < -0.4 is 0 Å². The quantitative estimate of drug-likeness (QED) is 0.919. The second kappa shape index (κ2) is 4.86. The number of carboxylic acid groups (broad SMARTS) is 1. The summed E-state index contributed by atoms with van der Waals surface area (Å²) in [5, 5.41) is 9.74. The largest absolute Gasteiger partial charge is 0.477 e. The van der Waals surface area contributed by atoms with Gasteiger partial charge in [0.1, 0.15) is 15.7 Å². The smallest absolute Gasteiger partial charge is 0.347 e. The van der Waals surface area contributed by atoms with Crippen molar-refractivity contribution < 1.29 is 14.3 Å². The third kappa shape index (κ3) is 2.41. The van der Waals surface area contributed by atoms with E-state index in [-0.39, 0.29) is 16.6 Å². The Bertz CT molecular complexity index is 575. The molecule has 5 heteroatoms. The first-order chi connectivity index (χ1) is 8.49. The Morgan fingerprint density at radius 1 is 1.33 bits per heavy atom. The number of nitrogens with zero attached hydrogens (tertiary/aromatic N) is 1. The number of aromatic carboxylic acids is 1. The van der Waals surface area contributed by atoms with Crippen LogP contribution in [0, 0.1) is 5.82 Å². The standard InChI is InChI=1S/C13H12FNO2S/c1-7(2)10-11(13(16)17)18-12(15-10)8-3-5-9(14)6-4-8/h3-7H,1-2H3,(H,16,17). The molecule has 0 aliphatic heterocycles. The highest BCUT2D eigenvalue weighted by Crippen LogP contribution is 2.31. The van der Waals surface area contributed by atoms with E-state index < -0.39 is 5.97 Å². The van der Waals surface area contributed by atoms with Crippen LogP contribution in [0.5, 0.6) is 0 Å². The first kappa shape index (κ1) is 12.7. The van der Waals surface area contributed by atoms with Crippen LogP contribution in [0.2, 0.25) is 0 Å². The molecule has 0 fully saturated rings. The predicted molar refractivity (Wildman–Crippen MR) is 68.6 cm³/mol. The van der Waals surface area contributed by atoms with Gasteiger partial charge in [-0.25, -0.2) is 14.2 Å². The molecule has 18 heavy (non-hydrogen) atoms. The predicted octanol–water partition coefficient (Wildman–Crippen LogP) is 3.77. The number of halogens is 1. The molecule has 1 N–H and O–H groups in total. The first-order valence-electron chi connectivity index (χ1n) is 5.49. The van der Waals surface area contributed by atoms with Crippen molar-refractivity contribution in [1.82, 2.24) is 4.98 Å². The number of carbonyl (C=O) groups is 1. The molecule has 0 saturated carbocycles. The van der Waals surface area contributed by atoms with Crippen LogP contribution in [0.1, 0.15) is 35.1 Å². The monoisotopic (exact) mass is 265 g/mol. The lowest BCUT2D eigenvalue weighted by molar-refractivity contribution is 0.0700. The number of benzene rings is 1. The van der Waals surface area contributed by atoms with E-state index in [0.29, 0.717) is 10.7 Å². The zero-order chi connectivity index (χ0) is 13.3. The molecule has 0 aliphatic rings. The van der Waals surface area contributed by atoms with Crippen molar-refractivity contribution >= 4 is 17.3 Å². The molecule has 1 aromatic carbocycles. The van der Waals surface area contributed by atoms with Gasteiger partial charge in [0.05, 0.1) is 5.69 Å². The third-order valence-electron chi connectivity index (χ3n) is 2.49. The number of rotatable bonds is 3. The maximum absolute atomic E-state index is 12.8. The molecule has 0 spiro atoms. The van der Waals surface area contributed by atoms with Crippen LogP contribution in [-0.4, -0.2) is 16.1 Å². The van der Waals surface area contributed by atoms with Crippen molar-refractivity contribution in [3.05, 3.63) is 40.7 Å². The fraction of sp³-hybridized carbons (Fsp3) is 0.231. The molecule has 2 aromatic rings. The minimum atomic E-state index is -0.968. The number of hydrogen-bond acceptors (Lipinski definition) is 3. The summed E-state index contributed by atoms with van der Waals surface area (Å²) in [5.74, 6) is -1.25. The second-order valence-corrected chi connectivity index (χ2v) is 5.20. The van der Waals surface area contributed by atoms with Gasteiger partial charge in [-0.15, -0.1) is 11.3 Å². The minimum absolute atomic E-state index is 0.0431. The summed E-state index contributed by atoms with van der Waals surface area (Å²) in [6, 6.07) is 5.88. The normalized spacial score (nSPS) is 10.9. The number of aromatic nitrogens is 1. The molecule has 0 atom stereocenters. The lowest BCUT2D eigenvalue weighted by atomic mass is 10.1. The Balaban J connectivity index is 2.49. The van der Waals surface area contributed by atoms with E-state index in [1.807, 2.05) is 13.8 Å². The van der Waals surface area contributed by atoms with Gasteiger partial charge < -0.3 is 5.11 Å². The highest BCUT2D eigenvalue weighted by molar-refractivity contribution is 7.17. The van der Waals surface area contributed by atoms with E-state index in [1.54, 1.807) is 12.1 Å². The summed E-state index contributed by atoms with van der Waals surface area (Å²) in [4.78, 5) is 15.7. The van der Waals surface area contributed by atoms with Gasteiger partial charge in [0.25, 0.3) is 0 Å². The summed E-state index contributed by atoms with van der Waals surface area (Å²) >= 11 is 1.12. The average Bonchev–Trinajstić information content (AvgIpc) is 2.75. The van der Waals surface area contributed by atoms with E-state index in [9.17, 15) is 9.18 Å². The van der Waals surface area contributed by atoms with E-state index in [1.165, 1.54) is 12.1 Å². The Kier molecular flexibility index (Phi) is 3.43. The molecular formula is C13H12FNO2S. The Hall–Kier alpha value is -1.75. The lowest BCUT2D eigenvalue weighted by Crippen LogP contribution is -2.00. The molecule has 1 aromatic heterocycles. The van der Waals surface area contributed by atoms with Crippen molar-refractivity contribution in [3.63, 3.8) is 0 Å². The number of thiazole rings is 1. The summed E-state index contributed by atoms with van der Waals surface area (Å²) in [6.07, 6.45) is 0. The topological polar surface area (TPSA) is 50.2 Å². The zero-order valence-corrected chi connectivity index (χ0v) is 10.8. The second-order valence-electron chi connectivity index (χ2n) is 4.20. The Morgan fingerprint density at radius 2 is 1.94 bits per heavy atom. The highest BCUT2D eigenvalue weighted by atomic mass is 32.1. The fourth-order valence-electron chi connectivity index (χ4n) is 1.59. The highest BCUT2D eigenvalue weighted by Gasteiger charge is 2.20. The van der Waals surface area contributed by atoms with Gasteiger partial charge in [0.2, 0.25) is 0 Å². The summed E-state index contributed by atoms with van der Waals surface area (Å²) in [6.45, 7) is 3.80. The van der Waals surface area contributed by atoms with Gasteiger partial charge in [0, 0.05) is 5.56 Å². The molecule has 0 radical (unpaired) electrons. The molecule has 2 rings (SSSR count). The van der Waals surface area contributed by atoms with Crippen LogP contribution in [0.15, 0.2) is 24.3 Å². The van der Waals surface area contributed by atoms with Gasteiger partial charge in [-0.2, -0.15) is 0 Å². The van der Waals surface area contributed by atoms with Crippen molar-refractivity contribution in [2.75, 3.05) is 0 Å². The van der Waals surface area contributed by atoms with Gasteiger partial charge >= 0.3 is 5.97 Å². The zero-order valence-electron chi connectivity index (χ0n) is 9.98. The van der Waals surface area contributed by atoms with E-state index in [0.717, 1.165) is 16.9 Å². The maximum Gasteiger partial charge on any atom is 0.347 e. The van der Waals surface area contributed by atoms with E-state index in [2.05, 4.69) is 4.98 Å². The van der Waals surface area contributed by atoms with Crippen molar-refractivity contribution in [2.45, 2.75) is 19.8 Å². The van der Waals surface area contributed by atoms with Gasteiger partial charge in [-0.05, 0) is 30.2 Å². The molecule has 0 aliphatic carbocycles. The third-order valence-corrected chi connectivity index (χ3v) is 3.59. The van der Waals surface area contributed by atoms with Crippen molar-refractivity contribution in [1.29, 1.82) is 0 Å². The summed E-state index contributed by atoms with van der Waals surface area (Å²) in [5.41, 5.74) is 1.31. The lowest BCUT2D eigenvalue weighted by Gasteiger charge is -2.00. The van der Waals surface area contributed by atoms with Gasteiger partial charge in [-0.1, -0.05) is 13.8 Å². The van der Waals surface area contributed by atoms with Gasteiger partial charge in [0.15, 0.2) is 0 Å². The molecule has 3 nitrogen and oxygen atoms in total. The van der Waals surface area contributed by atoms with E-state index >= 15 is 0 Å². The summed E-state index contributed by atoms with van der Waals surface area (Å²) in [7, 11) is 0. The molecule has 0 unspecified atom stereocenters. The molecule has 94 valence electrons. The van der Waals surface area contributed by atoms with Crippen LogP contribution in [0.4, 0.5) is 4.39 Å². The Morgan fingerprint density at radius 3 is 2.39 bits per heavy atom. The first-order valence-corrected chi connectivity index (χ1v) is 6.30. The average molecular weight is 265 g/mol. The minimum Gasteiger partial charge on any atom is -0.477 e. The molecule has 0 saturated heterocycles. The van der Waals surface area contributed by atoms with Crippen molar-refractivity contribution in [2.24, 2.45) is 0 Å². The molecule has 0 amide bonds. The van der Waals surface area contributed by atoms with Crippen LogP contribution in [0.3, 0.4) is 0 Å². The number of carboxylic acids is 1. The maximum atomic E-state index is 12.8. The van der Waals surface area contributed by atoms with E-state index in [4.69, 9.17) is 5.11 Å². The Labute approximate surface area is 108 Å². The van der Waals surface area contributed by atoms with Crippen molar-refractivity contribution in [3.8, 4) is 10.6 Å². The molecule has 0 bridgehead atoms.